The number of β-amino-alcohol motifs (C(OH)–C–C–N with tert-alkyl or cyclic N) is 1. The topological polar surface area (TPSA) is 76.1 Å². The third-order valence-electron chi connectivity index (χ3n) is 6.07. The fraction of sp³-hybridized carbons (Fsp3) is 0.652. The van der Waals surface area contributed by atoms with Crippen molar-refractivity contribution in [1.82, 2.24) is 14.7 Å². The van der Waals surface area contributed by atoms with Crippen LogP contribution in [0.4, 0.5) is 10.5 Å². The molecule has 3 amide bonds. The van der Waals surface area contributed by atoms with Crippen LogP contribution < -0.4 is 5.32 Å². The number of anilines is 1. The Balaban J connectivity index is 1.47. The maximum absolute atomic E-state index is 13.0. The number of aryl methyl sites for hydroxylation is 1. The summed E-state index contributed by atoms with van der Waals surface area (Å²) >= 11 is 0. The van der Waals surface area contributed by atoms with Crippen LogP contribution >= 0.6 is 0 Å². The highest BCUT2D eigenvalue weighted by Crippen LogP contribution is 2.23. The number of carbonyl (C=O) groups is 2. The second-order valence-corrected chi connectivity index (χ2v) is 9.48. The lowest BCUT2D eigenvalue weighted by Gasteiger charge is -2.43. The number of benzene rings is 1. The summed E-state index contributed by atoms with van der Waals surface area (Å²) in [7, 11) is 0. The van der Waals surface area contributed by atoms with Gasteiger partial charge in [0.05, 0.1) is 5.60 Å². The van der Waals surface area contributed by atoms with Crippen LogP contribution in [0.3, 0.4) is 0 Å². The highest BCUT2D eigenvalue weighted by molar-refractivity contribution is 5.89. The summed E-state index contributed by atoms with van der Waals surface area (Å²) in [5.74, 6) is 0.199. The number of rotatable bonds is 4. The molecule has 166 valence electrons. The fourth-order valence-electron chi connectivity index (χ4n) is 4.44. The monoisotopic (exact) mass is 416 g/mol. The second-order valence-electron chi connectivity index (χ2n) is 9.48. The molecule has 7 heteroatoms. The lowest BCUT2D eigenvalue weighted by atomic mass is 9.94. The predicted octanol–water partition coefficient (Wildman–Crippen LogP) is 2.54. The lowest BCUT2D eigenvalue weighted by Crippen LogP contribution is -2.57. The molecule has 2 saturated heterocycles. The minimum absolute atomic E-state index is 0.0129. The van der Waals surface area contributed by atoms with Gasteiger partial charge in [0.2, 0.25) is 5.91 Å². The van der Waals surface area contributed by atoms with Gasteiger partial charge in [0.15, 0.2) is 0 Å². The molecule has 1 aromatic carbocycles. The molecule has 2 N–H and O–H groups in total. The van der Waals surface area contributed by atoms with E-state index in [0.29, 0.717) is 45.6 Å². The predicted molar refractivity (Wildman–Crippen MR) is 118 cm³/mol. The zero-order valence-electron chi connectivity index (χ0n) is 18.7. The van der Waals surface area contributed by atoms with E-state index in [2.05, 4.69) is 17.1 Å². The zero-order valence-corrected chi connectivity index (χ0v) is 18.7. The van der Waals surface area contributed by atoms with E-state index in [-0.39, 0.29) is 23.9 Å². The first kappa shape index (κ1) is 22.6. The van der Waals surface area contributed by atoms with Crippen molar-refractivity contribution in [3.8, 4) is 0 Å². The van der Waals surface area contributed by atoms with Crippen molar-refractivity contribution >= 4 is 17.6 Å². The number of nitrogens with one attached hydrogen (secondary N) is 1. The molecule has 1 aromatic rings. The largest absolute Gasteiger partial charge is 0.389 e. The summed E-state index contributed by atoms with van der Waals surface area (Å²) in [4.78, 5) is 31.6. The molecule has 0 radical (unpaired) electrons. The van der Waals surface area contributed by atoms with Crippen LogP contribution in [0, 0.1) is 12.8 Å². The summed E-state index contributed by atoms with van der Waals surface area (Å²) in [5.41, 5.74) is 1.18. The Morgan fingerprint density at radius 3 is 2.43 bits per heavy atom. The van der Waals surface area contributed by atoms with E-state index in [9.17, 15) is 14.7 Å². The van der Waals surface area contributed by atoms with E-state index in [1.54, 1.807) is 4.90 Å². The summed E-state index contributed by atoms with van der Waals surface area (Å²) in [6, 6.07) is 7.90. The number of hydrogen-bond donors (Lipinski definition) is 2. The quantitative estimate of drug-likeness (QED) is 0.791. The Morgan fingerprint density at radius 1 is 1.13 bits per heavy atom. The van der Waals surface area contributed by atoms with Crippen molar-refractivity contribution in [2.45, 2.75) is 52.2 Å². The lowest BCUT2D eigenvalue weighted by molar-refractivity contribution is -0.140. The van der Waals surface area contributed by atoms with E-state index >= 15 is 0 Å². The number of amides is 3. The van der Waals surface area contributed by atoms with Gasteiger partial charge in [-0.25, -0.2) is 4.79 Å². The van der Waals surface area contributed by atoms with Crippen LogP contribution in [-0.2, 0) is 4.79 Å². The molecule has 2 fully saturated rings. The average molecular weight is 417 g/mol. The minimum atomic E-state index is -0.730. The van der Waals surface area contributed by atoms with Crippen molar-refractivity contribution in [3.63, 3.8) is 0 Å². The molecule has 7 nitrogen and oxygen atoms in total. The number of nitrogens with zero attached hydrogens (tertiary/aromatic N) is 3. The summed E-state index contributed by atoms with van der Waals surface area (Å²) in [6.45, 7) is 11.8. The number of urea groups is 1. The van der Waals surface area contributed by atoms with Crippen molar-refractivity contribution < 1.29 is 14.7 Å². The Morgan fingerprint density at radius 2 is 1.83 bits per heavy atom. The standard InChI is InChI=1S/C23H36N4O3/c1-17-6-5-7-20(14-17)24-22(29)25-10-8-19(9-11-25)21(28)26-12-13-27(18(2)15-26)16-23(3,4)30/h5-7,14,18-19,30H,8-13,15-16H2,1-4H3,(H,24,29). The molecule has 0 aromatic heterocycles. The first-order chi connectivity index (χ1) is 14.1. The normalized spacial score (nSPS) is 21.6. The van der Waals surface area contributed by atoms with Gasteiger partial charge in [0.1, 0.15) is 0 Å². The smallest absolute Gasteiger partial charge is 0.321 e. The van der Waals surface area contributed by atoms with Gasteiger partial charge in [-0.3, -0.25) is 9.69 Å². The van der Waals surface area contributed by atoms with Gasteiger partial charge >= 0.3 is 6.03 Å². The van der Waals surface area contributed by atoms with Crippen molar-refractivity contribution in [2.75, 3.05) is 44.6 Å². The molecule has 1 unspecified atom stereocenters. The number of piperidine rings is 1. The Kier molecular flexibility index (Phi) is 7.03. The summed E-state index contributed by atoms with van der Waals surface area (Å²) in [6.07, 6.45) is 1.41. The van der Waals surface area contributed by atoms with Crippen molar-refractivity contribution in [3.05, 3.63) is 29.8 Å². The number of hydrogen-bond acceptors (Lipinski definition) is 4. The fourth-order valence-corrected chi connectivity index (χ4v) is 4.44. The third kappa shape index (κ3) is 5.95. The maximum Gasteiger partial charge on any atom is 0.321 e. The highest BCUT2D eigenvalue weighted by Gasteiger charge is 2.34. The van der Waals surface area contributed by atoms with E-state index < -0.39 is 5.60 Å². The van der Waals surface area contributed by atoms with Crippen molar-refractivity contribution in [2.24, 2.45) is 5.92 Å². The molecule has 0 aliphatic carbocycles. The van der Waals surface area contributed by atoms with Gasteiger partial charge in [-0.05, 0) is 58.2 Å². The zero-order chi connectivity index (χ0) is 21.9. The molecule has 2 aliphatic heterocycles. The number of carbonyl (C=O) groups excluding carboxylic acids is 2. The number of aliphatic hydroxyl groups is 1. The SMILES string of the molecule is Cc1cccc(NC(=O)N2CCC(C(=O)N3CCN(CC(C)(C)O)C(C)C3)CC2)c1. The highest BCUT2D eigenvalue weighted by atomic mass is 16.3. The minimum Gasteiger partial charge on any atom is -0.389 e. The van der Waals surface area contributed by atoms with Crippen LogP contribution in [0.15, 0.2) is 24.3 Å². The van der Waals surface area contributed by atoms with Gasteiger partial charge in [0, 0.05) is 56.9 Å². The summed E-state index contributed by atoms with van der Waals surface area (Å²) < 4.78 is 0. The molecule has 3 rings (SSSR count). The first-order valence-electron chi connectivity index (χ1n) is 11.0. The van der Waals surface area contributed by atoms with Crippen molar-refractivity contribution in [1.29, 1.82) is 0 Å². The second kappa shape index (κ2) is 9.35. The number of piperazine rings is 1. The molecule has 0 saturated carbocycles. The Bertz CT molecular complexity index is 753. The van der Waals surface area contributed by atoms with Crippen LogP contribution in [0.25, 0.3) is 0 Å². The van der Waals surface area contributed by atoms with Crippen LogP contribution in [0.1, 0.15) is 39.2 Å². The molecule has 1 atom stereocenters. The Hall–Kier alpha value is -2.12. The van der Waals surface area contributed by atoms with Gasteiger partial charge in [-0.2, -0.15) is 0 Å². The van der Waals surface area contributed by atoms with Crippen LogP contribution in [0.2, 0.25) is 0 Å². The molecular weight excluding hydrogens is 380 g/mol. The van der Waals surface area contributed by atoms with Crippen LogP contribution in [0.5, 0.6) is 0 Å². The van der Waals surface area contributed by atoms with E-state index in [0.717, 1.165) is 17.8 Å². The molecule has 0 spiro atoms. The molecule has 2 aliphatic rings. The Labute approximate surface area is 180 Å². The maximum atomic E-state index is 13.0. The van der Waals surface area contributed by atoms with Gasteiger partial charge in [-0.1, -0.05) is 12.1 Å². The number of likely N-dealkylation sites (tertiary alicyclic amines) is 1. The van der Waals surface area contributed by atoms with Gasteiger partial charge < -0.3 is 20.2 Å². The molecule has 2 heterocycles. The first-order valence-corrected chi connectivity index (χ1v) is 11.0. The van der Waals surface area contributed by atoms with E-state index in [4.69, 9.17) is 0 Å². The third-order valence-corrected chi connectivity index (χ3v) is 6.07. The van der Waals surface area contributed by atoms with E-state index in [1.165, 1.54) is 0 Å². The molecule has 0 bridgehead atoms. The van der Waals surface area contributed by atoms with Gasteiger partial charge in [-0.15, -0.1) is 0 Å². The van der Waals surface area contributed by atoms with E-state index in [1.807, 2.05) is 49.9 Å². The average Bonchev–Trinajstić information content (AvgIpc) is 2.68. The van der Waals surface area contributed by atoms with Crippen LogP contribution in [-0.4, -0.2) is 82.7 Å². The van der Waals surface area contributed by atoms with Gasteiger partial charge in [0.25, 0.3) is 0 Å². The molecule has 30 heavy (non-hydrogen) atoms. The summed E-state index contributed by atoms with van der Waals surface area (Å²) in [5, 5.41) is 13.0. The molecular formula is C23H36N4O3.